The van der Waals surface area contributed by atoms with Crippen LogP contribution in [-0.2, 0) is 14.9 Å². The normalized spacial score (nSPS) is 14.8. The van der Waals surface area contributed by atoms with Crippen LogP contribution in [0.2, 0.25) is 0 Å². The Morgan fingerprint density at radius 3 is 2.35 bits per heavy atom. The summed E-state index contributed by atoms with van der Waals surface area (Å²) in [4.78, 5) is 11.5. The van der Waals surface area contributed by atoms with Gasteiger partial charge in [-0.15, -0.1) is 0 Å². The molecule has 112 valence electrons. The summed E-state index contributed by atoms with van der Waals surface area (Å²) in [6.07, 6.45) is -4.51. The Morgan fingerprint density at radius 1 is 1.30 bits per heavy atom. The quantitative estimate of drug-likeness (QED) is 0.839. The summed E-state index contributed by atoms with van der Waals surface area (Å²) in [6, 6.07) is 6.53. The highest BCUT2D eigenvalue weighted by atomic mass is 19.4. The van der Waals surface area contributed by atoms with Gasteiger partial charge < -0.3 is 15.6 Å². The van der Waals surface area contributed by atoms with Gasteiger partial charge in [0.1, 0.15) is 12.0 Å². The molecule has 0 bridgehead atoms. The van der Waals surface area contributed by atoms with Crippen molar-refractivity contribution in [3.05, 3.63) is 35.4 Å². The molecule has 0 aliphatic carbocycles. The highest BCUT2D eigenvalue weighted by molar-refractivity contribution is 5.82. The van der Waals surface area contributed by atoms with E-state index in [0.29, 0.717) is 11.1 Å². The first-order valence-electron chi connectivity index (χ1n) is 5.87. The zero-order valence-corrected chi connectivity index (χ0v) is 10.9. The van der Waals surface area contributed by atoms with Crippen LogP contribution >= 0.6 is 0 Å². The van der Waals surface area contributed by atoms with E-state index < -0.39 is 30.8 Å². The first-order valence-corrected chi connectivity index (χ1v) is 5.87. The molecule has 0 radical (unpaired) electrons. The van der Waals surface area contributed by atoms with Gasteiger partial charge in [0.15, 0.2) is 0 Å². The fraction of sp³-hybridized carbons (Fsp3) is 0.462. The fourth-order valence-electron chi connectivity index (χ4n) is 1.96. The van der Waals surface area contributed by atoms with E-state index in [0.717, 1.165) is 0 Å². The van der Waals surface area contributed by atoms with E-state index >= 15 is 0 Å². The van der Waals surface area contributed by atoms with E-state index in [1.54, 1.807) is 25.1 Å². The van der Waals surface area contributed by atoms with Crippen LogP contribution in [0.3, 0.4) is 0 Å². The number of ether oxygens (including phenoxy) is 1. The molecular formula is C13H16F3NO3. The van der Waals surface area contributed by atoms with Crippen molar-refractivity contribution in [2.45, 2.75) is 18.5 Å². The summed E-state index contributed by atoms with van der Waals surface area (Å²) in [5.74, 6) is -1.31. The van der Waals surface area contributed by atoms with Crippen LogP contribution < -0.4 is 5.73 Å². The van der Waals surface area contributed by atoms with E-state index in [-0.39, 0.29) is 6.54 Å². The summed E-state index contributed by atoms with van der Waals surface area (Å²) >= 11 is 0. The Kier molecular flexibility index (Phi) is 5.13. The van der Waals surface area contributed by atoms with Crippen molar-refractivity contribution in [1.82, 2.24) is 0 Å². The number of aliphatic carboxylic acids is 1. The fourth-order valence-corrected chi connectivity index (χ4v) is 1.96. The number of aryl methyl sites for hydroxylation is 1. The summed E-state index contributed by atoms with van der Waals surface area (Å²) in [5, 5.41) is 9.39. The maximum Gasteiger partial charge on any atom is 0.411 e. The number of benzene rings is 1. The lowest BCUT2D eigenvalue weighted by Crippen LogP contribution is -2.48. The number of alkyl halides is 3. The number of carbonyl (C=O) groups is 1. The second-order valence-corrected chi connectivity index (χ2v) is 4.51. The van der Waals surface area contributed by atoms with Crippen LogP contribution in [-0.4, -0.2) is 37.0 Å². The van der Waals surface area contributed by atoms with Gasteiger partial charge in [-0.3, -0.25) is 4.79 Å². The molecule has 1 rings (SSSR count). The van der Waals surface area contributed by atoms with E-state index in [1.165, 1.54) is 6.07 Å². The molecule has 0 spiro atoms. The van der Waals surface area contributed by atoms with Crippen LogP contribution in [0.4, 0.5) is 13.2 Å². The lowest BCUT2D eigenvalue weighted by Gasteiger charge is -2.29. The average molecular weight is 291 g/mol. The van der Waals surface area contributed by atoms with Gasteiger partial charge in [0.05, 0.1) is 6.61 Å². The molecule has 1 aromatic rings. The van der Waals surface area contributed by atoms with Crippen LogP contribution in [0.1, 0.15) is 11.1 Å². The van der Waals surface area contributed by atoms with E-state index in [9.17, 15) is 23.1 Å². The van der Waals surface area contributed by atoms with Crippen molar-refractivity contribution >= 4 is 5.97 Å². The second-order valence-electron chi connectivity index (χ2n) is 4.51. The Hall–Kier alpha value is -1.60. The molecule has 0 saturated heterocycles. The molecule has 0 amide bonds. The summed E-state index contributed by atoms with van der Waals surface area (Å²) in [5.41, 5.74) is 4.83. The molecule has 4 nitrogen and oxygen atoms in total. The van der Waals surface area contributed by atoms with Crippen molar-refractivity contribution in [3.8, 4) is 0 Å². The van der Waals surface area contributed by atoms with Gasteiger partial charge in [-0.25, -0.2) is 0 Å². The largest absolute Gasteiger partial charge is 0.480 e. The first kappa shape index (κ1) is 16.5. The minimum atomic E-state index is -4.51. The predicted molar refractivity (Wildman–Crippen MR) is 66.4 cm³/mol. The molecular weight excluding hydrogens is 275 g/mol. The van der Waals surface area contributed by atoms with Gasteiger partial charge >= 0.3 is 12.1 Å². The minimum absolute atomic E-state index is 0.356. The SMILES string of the molecule is Cc1ccccc1C(CN)(COCC(F)(F)F)C(=O)O. The van der Waals surface area contributed by atoms with Crippen LogP contribution in [0.25, 0.3) is 0 Å². The predicted octanol–water partition coefficient (Wildman–Crippen LogP) is 1.86. The average Bonchev–Trinajstić information content (AvgIpc) is 2.34. The van der Waals surface area contributed by atoms with Crippen molar-refractivity contribution in [3.63, 3.8) is 0 Å². The Balaban J connectivity index is 3.05. The molecule has 0 fully saturated rings. The molecule has 0 saturated carbocycles. The van der Waals surface area contributed by atoms with Crippen molar-refractivity contribution in [2.75, 3.05) is 19.8 Å². The lowest BCUT2D eigenvalue weighted by molar-refractivity contribution is -0.181. The lowest BCUT2D eigenvalue weighted by atomic mass is 9.79. The molecule has 7 heteroatoms. The number of carboxylic acids is 1. The van der Waals surface area contributed by atoms with E-state index in [1.807, 2.05) is 0 Å². The van der Waals surface area contributed by atoms with Crippen LogP contribution in [0, 0.1) is 6.92 Å². The Labute approximate surface area is 114 Å². The van der Waals surface area contributed by atoms with Crippen molar-refractivity contribution in [1.29, 1.82) is 0 Å². The molecule has 0 aliphatic rings. The number of rotatable bonds is 6. The van der Waals surface area contributed by atoms with E-state index in [4.69, 9.17) is 5.73 Å². The third-order valence-electron chi connectivity index (χ3n) is 3.03. The number of halogens is 3. The topological polar surface area (TPSA) is 72.5 Å². The second kappa shape index (κ2) is 6.23. The van der Waals surface area contributed by atoms with Gasteiger partial charge in [-0.05, 0) is 18.1 Å². The molecule has 1 unspecified atom stereocenters. The summed E-state index contributed by atoms with van der Waals surface area (Å²) in [6.45, 7) is -0.825. The molecule has 20 heavy (non-hydrogen) atoms. The maximum atomic E-state index is 12.1. The molecule has 1 aromatic carbocycles. The Morgan fingerprint density at radius 2 is 1.90 bits per heavy atom. The smallest absolute Gasteiger partial charge is 0.411 e. The van der Waals surface area contributed by atoms with Gasteiger partial charge in [-0.1, -0.05) is 24.3 Å². The zero-order chi connectivity index (χ0) is 15.4. The zero-order valence-electron chi connectivity index (χ0n) is 10.9. The van der Waals surface area contributed by atoms with Gasteiger partial charge in [0.25, 0.3) is 0 Å². The summed E-state index contributed by atoms with van der Waals surface area (Å²) < 4.78 is 40.9. The number of carboxylic acid groups (broad SMARTS) is 1. The first-order chi connectivity index (χ1) is 9.23. The van der Waals surface area contributed by atoms with Gasteiger partial charge in [0.2, 0.25) is 0 Å². The van der Waals surface area contributed by atoms with Gasteiger partial charge in [0, 0.05) is 6.54 Å². The molecule has 0 aliphatic heterocycles. The van der Waals surface area contributed by atoms with E-state index in [2.05, 4.69) is 4.74 Å². The van der Waals surface area contributed by atoms with Crippen LogP contribution in [0.5, 0.6) is 0 Å². The molecule has 3 N–H and O–H groups in total. The molecule has 0 heterocycles. The number of nitrogens with two attached hydrogens (primary N) is 1. The monoisotopic (exact) mass is 291 g/mol. The van der Waals surface area contributed by atoms with Gasteiger partial charge in [-0.2, -0.15) is 13.2 Å². The maximum absolute atomic E-state index is 12.1. The highest BCUT2D eigenvalue weighted by Crippen LogP contribution is 2.28. The summed E-state index contributed by atoms with van der Waals surface area (Å²) in [7, 11) is 0. The third kappa shape index (κ3) is 3.71. The minimum Gasteiger partial charge on any atom is -0.480 e. The standard InChI is InChI=1S/C13H16F3NO3/c1-9-4-2-3-5-10(9)12(6-17,11(18)19)7-20-8-13(14,15)16/h2-5H,6-8,17H2,1H3,(H,18,19). The molecule has 0 aromatic heterocycles. The van der Waals surface area contributed by atoms with Crippen molar-refractivity contribution < 1.29 is 27.8 Å². The number of hydrogen-bond donors (Lipinski definition) is 2. The van der Waals surface area contributed by atoms with Crippen molar-refractivity contribution in [2.24, 2.45) is 5.73 Å². The van der Waals surface area contributed by atoms with Crippen LogP contribution in [0.15, 0.2) is 24.3 Å². The molecule has 1 atom stereocenters. The third-order valence-corrected chi connectivity index (χ3v) is 3.03. The number of hydrogen-bond acceptors (Lipinski definition) is 3. The Bertz CT molecular complexity index is 476. The highest BCUT2D eigenvalue weighted by Gasteiger charge is 2.41.